The molecule has 1 amide bonds. The van der Waals surface area contributed by atoms with Gasteiger partial charge in [0.1, 0.15) is 11.9 Å². The van der Waals surface area contributed by atoms with Gasteiger partial charge in [-0.25, -0.2) is 4.39 Å². The Morgan fingerprint density at radius 2 is 1.94 bits per heavy atom. The molecule has 6 nitrogen and oxygen atoms in total. The van der Waals surface area contributed by atoms with E-state index in [1.54, 1.807) is 12.1 Å². The lowest BCUT2D eigenvalue weighted by molar-refractivity contribution is -0.198. The second-order valence-electron chi connectivity index (χ2n) is 11.6. The van der Waals surface area contributed by atoms with Crippen LogP contribution in [-0.2, 0) is 18.4 Å². The van der Waals surface area contributed by atoms with Gasteiger partial charge in [-0.1, -0.05) is 12.1 Å². The topological polar surface area (TPSA) is 73.2 Å². The van der Waals surface area contributed by atoms with Crippen molar-refractivity contribution in [3.05, 3.63) is 58.4 Å². The molecule has 3 aliphatic carbocycles. The number of rotatable bonds is 3. The lowest BCUT2D eigenvalue weighted by atomic mass is 9.48. The zero-order chi connectivity index (χ0) is 23.7. The predicted molar refractivity (Wildman–Crippen MR) is 125 cm³/mol. The lowest BCUT2D eigenvalue weighted by Gasteiger charge is -2.64. The largest absolute Gasteiger partial charge is 0.504 e. The van der Waals surface area contributed by atoms with Gasteiger partial charge in [0.05, 0.1) is 17.1 Å². The summed E-state index contributed by atoms with van der Waals surface area (Å²) < 4.78 is 20.5. The van der Waals surface area contributed by atoms with E-state index in [0.29, 0.717) is 30.7 Å². The average Bonchev–Trinajstić information content (AvgIpc) is 3.50. The summed E-state index contributed by atoms with van der Waals surface area (Å²) in [5, 5.41) is 23.4. The van der Waals surface area contributed by atoms with Crippen molar-refractivity contribution in [2.45, 2.75) is 74.3 Å². The molecular formula is C28H29FN2O4. The maximum absolute atomic E-state index is 13.9. The number of ether oxygens (including phenoxy) is 1. The van der Waals surface area contributed by atoms with Gasteiger partial charge in [-0.2, -0.15) is 0 Å². The standard InChI is InChI=1S/C28H29FN2O4/c29-18-5-3-17-14-31(26(33)19(17)12-18)20-7-8-28(34)22-11-16-4-6-21(32)24-23(16)27(28,25(20)35-24)9-10-30(22)13-15-1-2-15/h3-6,12,15,20,22,25,32,34H,1-2,7-11,13-14H2/t20-,22-,25+,27+,28?/m1/s1. The number of phenols is 1. The number of hydrogen-bond acceptors (Lipinski definition) is 5. The van der Waals surface area contributed by atoms with Crippen LogP contribution in [0.1, 0.15) is 59.2 Å². The van der Waals surface area contributed by atoms with Crippen LogP contribution in [0, 0.1) is 11.7 Å². The number of hydrogen-bond donors (Lipinski definition) is 2. The number of nitrogens with zero attached hydrogens (tertiary/aromatic N) is 2. The second kappa shape index (κ2) is 6.56. The number of aromatic hydroxyl groups is 1. The van der Waals surface area contributed by atoms with Crippen molar-refractivity contribution in [1.82, 2.24) is 9.80 Å². The van der Waals surface area contributed by atoms with Gasteiger partial charge >= 0.3 is 0 Å². The lowest BCUT2D eigenvalue weighted by Crippen LogP contribution is -2.78. The van der Waals surface area contributed by atoms with Gasteiger partial charge in [0.2, 0.25) is 0 Å². The first-order chi connectivity index (χ1) is 16.9. The van der Waals surface area contributed by atoms with E-state index < -0.39 is 22.9 Å². The van der Waals surface area contributed by atoms with Crippen molar-refractivity contribution in [2.24, 2.45) is 5.92 Å². The Morgan fingerprint density at radius 1 is 1.11 bits per heavy atom. The molecule has 8 rings (SSSR count). The van der Waals surface area contributed by atoms with E-state index in [1.165, 1.54) is 25.0 Å². The molecule has 1 spiro atoms. The number of aliphatic hydroxyl groups is 1. The summed E-state index contributed by atoms with van der Waals surface area (Å²) in [5.74, 6) is 0.742. The van der Waals surface area contributed by atoms with Gasteiger partial charge < -0.3 is 19.8 Å². The normalized spacial score (nSPS) is 36.7. The number of piperidine rings is 1. The fourth-order valence-corrected chi connectivity index (χ4v) is 8.34. The van der Waals surface area contributed by atoms with E-state index in [2.05, 4.69) is 4.90 Å². The number of carbonyl (C=O) groups is 1. The summed E-state index contributed by atoms with van der Waals surface area (Å²) in [4.78, 5) is 17.8. The number of phenolic OH excluding ortho intramolecular Hbond substituents is 1. The number of likely N-dealkylation sites (tertiary alicyclic amines) is 1. The van der Waals surface area contributed by atoms with Gasteiger partial charge in [-0.3, -0.25) is 9.69 Å². The molecule has 7 heteroatoms. The highest BCUT2D eigenvalue weighted by Gasteiger charge is 2.73. The molecule has 2 saturated carbocycles. The zero-order valence-corrected chi connectivity index (χ0v) is 19.5. The van der Waals surface area contributed by atoms with Crippen LogP contribution < -0.4 is 4.74 Å². The monoisotopic (exact) mass is 476 g/mol. The van der Waals surface area contributed by atoms with Crippen LogP contribution in [0.5, 0.6) is 11.5 Å². The van der Waals surface area contributed by atoms with Crippen molar-refractivity contribution in [3.63, 3.8) is 0 Å². The molecule has 182 valence electrons. The highest BCUT2D eigenvalue weighted by atomic mass is 19.1. The van der Waals surface area contributed by atoms with Gasteiger partial charge in [0.25, 0.3) is 5.91 Å². The molecule has 5 atom stereocenters. The van der Waals surface area contributed by atoms with Crippen LogP contribution >= 0.6 is 0 Å². The fourth-order valence-electron chi connectivity index (χ4n) is 8.34. The highest BCUT2D eigenvalue weighted by molar-refractivity contribution is 5.98. The highest BCUT2D eigenvalue weighted by Crippen LogP contribution is 2.66. The first-order valence-electron chi connectivity index (χ1n) is 13.0. The Hall–Kier alpha value is -2.64. The first-order valence-corrected chi connectivity index (χ1v) is 13.0. The van der Waals surface area contributed by atoms with Crippen LogP contribution in [0.2, 0.25) is 0 Å². The molecule has 6 aliphatic rings. The third kappa shape index (κ3) is 2.44. The first kappa shape index (κ1) is 20.5. The Kier molecular flexibility index (Phi) is 3.85. The van der Waals surface area contributed by atoms with E-state index in [4.69, 9.17) is 4.74 Å². The summed E-state index contributed by atoms with van der Waals surface area (Å²) in [7, 11) is 0. The summed E-state index contributed by atoms with van der Waals surface area (Å²) in [5.41, 5.74) is 1.72. The minimum atomic E-state index is -0.977. The number of halogens is 1. The van der Waals surface area contributed by atoms with Gasteiger partial charge in [0, 0.05) is 30.3 Å². The molecule has 1 unspecified atom stereocenters. The minimum Gasteiger partial charge on any atom is -0.504 e. The van der Waals surface area contributed by atoms with E-state index in [9.17, 15) is 19.4 Å². The Labute approximate surface area is 203 Å². The van der Waals surface area contributed by atoms with E-state index in [1.807, 2.05) is 11.0 Å². The molecule has 3 fully saturated rings. The Bertz CT molecular complexity index is 1290. The van der Waals surface area contributed by atoms with E-state index in [0.717, 1.165) is 48.5 Å². The molecule has 2 bridgehead atoms. The maximum Gasteiger partial charge on any atom is 0.254 e. The van der Waals surface area contributed by atoms with Crippen molar-refractivity contribution >= 4 is 5.91 Å². The van der Waals surface area contributed by atoms with Crippen molar-refractivity contribution in [1.29, 1.82) is 0 Å². The van der Waals surface area contributed by atoms with Gasteiger partial charge in [0.15, 0.2) is 11.5 Å². The Morgan fingerprint density at radius 3 is 2.77 bits per heavy atom. The molecule has 3 heterocycles. The van der Waals surface area contributed by atoms with Gasteiger partial charge in [-0.15, -0.1) is 0 Å². The number of carbonyl (C=O) groups excluding carboxylic acids is 1. The van der Waals surface area contributed by atoms with Crippen LogP contribution in [0.3, 0.4) is 0 Å². The van der Waals surface area contributed by atoms with Crippen LogP contribution in [-0.4, -0.2) is 62.8 Å². The van der Waals surface area contributed by atoms with Crippen LogP contribution in [0.25, 0.3) is 0 Å². The molecule has 3 aliphatic heterocycles. The van der Waals surface area contributed by atoms with E-state index >= 15 is 0 Å². The fraction of sp³-hybridized carbons (Fsp3) is 0.536. The maximum atomic E-state index is 13.9. The summed E-state index contributed by atoms with van der Waals surface area (Å²) in [6.45, 7) is 2.33. The van der Waals surface area contributed by atoms with E-state index in [-0.39, 0.29) is 23.7 Å². The molecule has 0 aromatic heterocycles. The van der Waals surface area contributed by atoms with Crippen molar-refractivity contribution in [2.75, 3.05) is 13.1 Å². The molecule has 1 saturated heterocycles. The smallest absolute Gasteiger partial charge is 0.254 e. The third-order valence-electron chi connectivity index (χ3n) is 10.0. The molecule has 2 aromatic carbocycles. The van der Waals surface area contributed by atoms with Crippen LogP contribution in [0.15, 0.2) is 30.3 Å². The van der Waals surface area contributed by atoms with Gasteiger partial charge in [-0.05, 0) is 80.3 Å². The van der Waals surface area contributed by atoms with Crippen molar-refractivity contribution < 1.29 is 24.1 Å². The number of benzene rings is 2. The molecule has 0 radical (unpaired) electrons. The number of amides is 1. The summed E-state index contributed by atoms with van der Waals surface area (Å²) >= 11 is 0. The van der Waals surface area contributed by atoms with Crippen molar-refractivity contribution in [3.8, 4) is 11.5 Å². The second-order valence-corrected chi connectivity index (χ2v) is 11.6. The summed E-state index contributed by atoms with van der Waals surface area (Å²) in [6, 6.07) is 7.89. The molecule has 2 N–H and O–H groups in total. The third-order valence-corrected chi connectivity index (χ3v) is 10.0. The summed E-state index contributed by atoms with van der Waals surface area (Å²) in [6.07, 6.45) is 4.77. The molecule has 35 heavy (non-hydrogen) atoms. The van der Waals surface area contributed by atoms with Crippen LogP contribution in [0.4, 0.5) is 4.39 Å². The Balaban J connectivity index is 1.25. The zero-order valence-electron chi connectivity index (χ0n) is 19.5. The SMILES string of the molecule is O=C1c2cc(F)ccc2CN1[C@@H]1CCC2(O)[C@H]3Cc4ccc(O)c5c4[C@@]2(CCN3CC2CC2)[C@H]1O5. The minimum absolute atomic E-state index is 0.00691. The predicted octanol–water partition coefficient (Wildman–Crippen LogP) is 3.12. The average molecular weight is 477 g/mol. The number of fused-ring (bicyclic) bond motifs is 1. The molecule has 2 aromatic rings. The molecular weight excluding hydrogens is 447 g/mol. The quantitative estimate of drug-likeness (QED) is 0.712.